The lowest BCUT2D eigenvalue weighted by Gasteiger charge is -2.31. The first-order valence-electron chi connectivity index (χ1n) is 6.42. The Morgan fingerprint density at radius 1 is 0.933 bits per heavy atom. The van der Waals surface area contributed by atoms with Gasteiger partial charge in [0, 0.05) is 11.9 Å². The number of halogens is 1. The van der Waals surface area contributed by atoms with Crippen molar-refractivity contribution in [1.82, 2.24) is 4.90 Å². The van der Waals surface area contributed by atoms with Gasteiger partial charge in [-0.3, -0.25) is 0 Å². The van der Waals surface area contributed by atoms with E-state index in [1.807, 2.05) is 0 Å². The maximum absolute atomic E-state index is 3.62. The Labute approximate surface area is 104 Å². The van der Waals surface area contributed by atoms with E-state index >= 15 is 0 Å². The van der Waals surface area contributed by atoms with Crippen LogP contribution in [0.4, 0.5) is 0 Å². The van der Waals surface area contributed by atoms with Crippen LogP contribution < -0.4 is 0 Å². The summed E-state index contributed by atoms with van der Waals surface area (Å²) in [5.74, 6) is 0. The van der Waals surface area contributed by atoms with Gasteiger partial charge in [-0.15, -0.1) is 0 Å². The van der Waals surface area contributed by atoms with Crippen LogP contribution in [-0.2, 0) is 0 Å². The van der Waals surface area contributed by atoms with E-state index in [2.05, 4.69) is 34.7 Å². The van der Waals surface area contributed by atoms with Crippen molar-refractivity contribution >= 4 is 15.9 Å². The molecule has 2 heteroatoms. The highest BCUT2D eigenvalue weighted by Crippen LogP contribution is 2.21. The zero-order valence-corrected chi connectivity index (χ0v) is 12.0. The van der Waals surface area contributed by atoms with E-state index < -0.39 is 0 Å². The molecule has 0 aromatic rings. The average molecular weight is 276 g/mol. The summed E-state index contributed by atoms with van der Waals surface area (Å²) in [6.45, 7) is 8.59. The molecule has 0 N–H and O–H groups in total. The quantitative estimate of drug-likeness (QED) is 0.702. The summed E-state index contributed by atoms with van der Waals surface area (Å²) in [6, 6.07) is 0. The van der Waals surface area contributed by atoms with Crippen LogP contribution in [0.5, 0.6) is 0 Å². The summed E-state index contributed by atoms with van der Waals surface area (Å²) < 4.78 is 0. The van der Waals surface area contributed by atoms with Crippen molar-refractivity contribution in [3.63, 3.8) is 0 Å². The van der Waals surface area contributed by atoms with Crippen LogP contribution in [-0.4, -0.2) is 29.9 Å². The van der Waals surface area contributed by atoms with Crippen LogP contribution >= 0.6 is 15.9 Å². The maximum Gasteiger partial charge on any atom is 0.00949 e. The summed E-state index contributed by atoms with van der Waals surface area (Å²) >= 11 is 3.62. The van der Waals surface area contributed by atoms with Gasteiger partial charge in [-0.05, 0) is 31.3 Å². The van der Waals surface area contributed by atoms with Crippen molar-refractivity contribution in [3.05, 3.63) is 0 Å². The minimum atomic E-state index is 0.425. The van der Waals surface area contributed by atoms with Crippen LogP contribution in [0.25, 0.3) is 0 Å². The van der Waals surface area contributed by atoms with Gasteiger partial charge in [-0.25, -0.2) is 0 Å². The highest BCUT2D eigenvalue weighted by molar-refractivity contribution is 9.09. The molecule has 0 unspecified atom stereocenters. The molecule has 0 atom stereocenters. The van der Waals surface area contributed by atoms with Crippen molar-refractivity contribution in [3.8, 4) is 0 Å². The molecule has 90 valence electrons. The number of nitrogens with zero attached hydrogens (tertiary/aromatic N) is 1. The standard InChI is InChI=1S/C13H26BrN/c1-13(2,11-14)12-15-9-7-5-3-4-6-8-10-15/h3-12H2,1-2H3. The monoisotopic (exact) mass is 275 g/mol. The van der Waals surface area contributed by atoms with E-state index in [1.54, 1.807) is 0 Å². The Hall–Kier alpha value is 0.440. The predicted molar refractivity (Wildman–Crippen MR) is 71.7 cm³/mol. The Morgan fingerprint density at radius 2 is 1.40 bits per heavy atom. The molecular weight excluding hydrogens is 250 g/mol. The molecule has 0 radical (unpaired) electrons. The lowest BCUT2D eigenvalue weighted by molar-refractivity contribution is 0.192. The van der Waals surface area contributed by atoms with Crippen LogP contribution in [0.1, 0.15) is 52.4 Å². The highest BCUT2D eigenvalue weighted by Gasteiger charge is 2.20. The zero-order valence-electron chi connectivity index (χ0n) is 10.4. The minimum Gasteiger partial charge on any atom is -0.303 e. The van der Waals surface area contributed by atoms with E-state index in [4.69, 9.17) is 0 Å². The SMILES string of the molecule is CC(C)(CBr)CN1CCCCCCCC1. The molecule has 1 aliphatic rings. The summed E-state index contributed by atoms with van der Waals surface area (Å²) in [4.78, 5) is 2.67. The molecule has 1 fully saturated rings. The van der Waals surface area contributed by atoms with E-state index in [-0.39, 0.29) is 0 Å². The second kappa shape index (κ2) is 6.90. The van der Waals surface area contributed by atoms with Gasteiger partial charge in [-0.1, -0.05) is 55.5 Å². The lowest BCUT2D eigenvalue weighted by Crippen LogP contribution is -2.36. The summed E-state index contributed by atoms with van der Waals surface area (Å²) in [5, 5.41) is 1.11. The number of alkyl halides is 1. The van der Waals surface area contributed by atoms with Crippen molar-refractivity contribution in [2.75, 3.05) is 25.0 Å². The molecule has 0 aromatic heterocycles. The molecule has 1 aliphatic heterocycles. The number of rotatable bonds is 3. The summed E-state index contributed by atoms with van der Waals surface area (Å²) in [6.07, 6.45) is 8.58. The molecule has 1 rings (SSSR count). The van der Waals surface area contributed by atoms with Gasteiger partial charge in [0.1, 0.15) is 0 Å². The van der Waals surface area contributed by atoms with E-state index in [9.17, 15) is 0 Å². The third kappa shape index (κ3) is 5.91. The smallest absolute Gasteiger partial charge is 0.00949 e. The normalized spacial score (nSPS) is 21.8. The van der Waals surface area contributed by atoms with Crippen LogP contribution in [0.15, 0.2) is 0 Å². The van der Waals surface area contributed by atoms with Crippen LogP contribution in [0.2, 0.25) is 0 Å². The maximum atomic E-state index is 3.62. The molecule has 15 heavy (non-hydrogen) atoms. The fourth-order valence-corrected chi connectivity index (χ4v) is 2.47. The average Bonchev–Trinajstić information content (AvgIpc) is 2.31. The number of hydrogen-bond acceptors (Lipinski definition) is 1. The van der Waals surface area contributed by atoms with Crippen molar-refractivity contribution in [1.29, 1.82) is 0 Å². The first-order valence-corrected chi connectivity index (χ1v) is 7.54. The first kappa shape index (κ1) is 13.5. The van der Waals surface area contributed by atoms with Crippen LogP contribution in [0.3, 0.4) is 0 Å². The Bertz CT molecular complexity index is 158. The lowest BCUT2D eigenvalue weighted by atomic mass is 9.95. The van der Waals surface area contributed by atoms with Gasteiger partial charge in [-0.2, -0.15) is 0 Å². The second-order valence-corrected chi connectivity index (χ2v) is 6.26. The predicted octanol–water partition coefficient (Wildman–Crippen LogP) is 4.06. The fraction of sp³-hybridized carbons (Fsp3) is 1.00. The third-order valence-corrected chi connectivity index (χ3v) is 4.73. The molecule has 0 saturated carbocycles. The van der Waals surface area contributed by atoms with E-state index in [0.717, 1.165) is 5.33 Å². The highest BCUT2D eigenvalue weighted by atomic mass is 79.9. The molecule has 0 bridgehead atoms. The van der Waals surface area contributed by atoms with Crippen molar-refractivity contribution in [2.45, 2.75) is 52.4 Å². The van der Waals surface area contributed by atoms with E-state index in [1.165, 1.54) is 58.2 Å². The summed E-state index contributed by atoms with van der Waals surface area (Å²) in [5.41, 5.74) is 0.425. The molecule has 1 nitrogen and oxygen atoms in total. The van der Waals surface area contributed by atoms with Crippen molar-refractivity contribution < 1.29 is 0 Å². The first-order chi connectivity index (χ1) is 7.14. The second-order valence-electron chi connectivity index (χ2n) is 5.70. The fourth-order valence-electron chi connectivity index (χ4n) is 2.30. The minimum absolute atomic E-state index is 0.425. The molecule has 0 aliphatic carbocycles. The molecule has 0 amide bonds. The van der Waals surface area contributed by atoms with Crippen molar-refractivity contribution in [2.24, 2.45) is 5.41 Å². The topological polar surface area (TPSA) is 3.24 Å². The summed E-state index contributed by atoms with van der Waals surface area (Å²) in [7, 11) is 0. The van der Waals surface area contributed by atoms with Gasteiger partial charge in [0.2, 0.25) is 0 Å². The third-order valence-electron chi connectivity index (χ3n) is 3.21. The molecule has 0 aromatic carbocycles. The van der Waals surface area contributed by atoms with Gasteiger partial charge in [0.25, 0.3) is 0 Å². The molecule has 1 heterocycles. The van der Waals surface area contributed by atoms with Gasteiger partial charge < -0.3 is 4.90 Å². The van der Waals surface area contributed by atoms with Gasteiger partial charge in [0.05, 0.1) is 0 Å². The Kier molecular flexibility index (Phi) is 6.21. The molecular formula is C13H26BrN. The largest absolute Gasteiger partial charge is 0.303 e. The van der Waals surface area contributed by atoms with Crippen LogP contribution in [0, 0.1) is 5.41 Å². The Morgan fingerprint density at radius 3 is 1.87 bits per heavy atom. The molecule has 1 saturated heterocycles. The zero-order chi connectivity index (χ0) is 11.1. The molecule has 0 spiro atoms. The number of hydrogen-bond donors (Lipinski definition) is 0. The Balaban J connectivity index is 2.36. The van der Waals surface area contributed by atoms with Gasteiger partial charge >= 0.3 is 0 Å². The van der Waals surface area contributed by atoms with E-state index in [0.29, 0.717) is 5.41 Å². The van der Waals surface area contributed by atoms with Gasteiger partial charge in [0.15, 0.2) is 0 Å².